The summed E-state index contributed by atoms with van der Waals surface area (Å²) in [5, 5.41) is 47.8. The van der Waals surface area contributed by atoms with Gasteiger partial charge in [0.25, 0.3) is 6.02 Å². The Bertz CT molecular complexity index is 1620. The number of hydrogen-bond acceptors (Lipinski definition) is 14. The van der Waals surface area contributed by atoms with Crippen LogP contribution >= 0.6 is 0 Å². The van der Waals surface area contributed by atoms with Gasteiger partial charge in [0.15, 0.2) is 18.7 Å². The van der Waals surface area contributed by atoms with E-state index in [9.17, 15) is 25.2 Å². The van der Waals surface area contributed by atoms with E-state index in [0.717, 1.165) is 12.0 Å². The minimum absolute atomic E-state index is 0.132. The summed E-state index contributed by atoms with van der Waals surface area (Å²) in [6, 6.07) is 9.78. The number of rotatable bonds is 10. The number of fused-ring (bicyclic) bond motifs is 1. The lowest BCUT2D eigenvalue weighted by atomic mass is 9.77. The maximum absolute atomic E-state index is 14.5. The van der Waals surface area contributed by atoms with Crippen molar-refractivity contribution in [2.45, 2.75) is 205 Å². The van der Waals surface area contributed by atoms with Crippen molar-refractivity contribution in [3.8, 4) is 0 Å². The number of cyclic esters (lactones) is 1. The molecule has 0 amide bonds. The number of carbonyl (C=O) groups is 1. The van der Waals surface area contributed by atoms with Gasteiger partial charge in [-0.25, -0.2) is 4.99 Å². The van der Waals surface area contributed by atoms with Gasteiger partial charge >= 0.3 is 5.97 Å². The molecule has 15 nitrogen and oxygen atoms in total. The molecule has 354 valence electrons. The molecule has 4 fully saturated rings. The summed E-state index contributed by atoms with van der Waals surface area (Å²) in [6.45, 7) is 21.7. The second-order valence-corrected chi connectivity index (χ2v) is 19.5. The number of benzene rings is 1. The molecule has 15 heteroatoms. The first-order valence-corrected chi connectivity index (χ1v) is 23.0. The second kappa shape index (κ2) is 20.8. The van der Waals surface area contributed by atoms with Gasteiger partial charge in [0, 0.05) is 39.1 Å². The third-order valence-corrected chi connectivity index (χ3v) is 14.1. The standard InChI is InChI=1S/C47H79N3O12/c1-14-21-50-26-27(3)23-45(9,54)41(62-43-38-34(22-28(4)57-43)49(12)44(61-38)48-25-33-19-17-16-18-20-33)29(5)37(60-36-24-46(10,56-13)40(52)32(8)58-36)30(6)42(53)59-35(15-2)47(11,55)39(51)31(50)7/h16-20,27-32,34-41,43,51-52,54-55H,14-15,21-26H2,1-13H3/t27-,28-,29+,30-,31-,32+,34+,35-,36+,37+,38-,39-,40+,41-,43+,45-,46-,47-/m1/s1. The van der Waals surface area contributed by atoms with Crippen molar-refractivity contribution in [3.63, 3.8) is 0 Å². The number of methoxy groups -OCH3 is 1. The van der Waals surface area contributed by atoms with E-state index in [1.54, 1.807) is 34.6 Å². The van der Waals surface area contributed by atoms with Crippen LogP contribution in [0.25, 0.3) is 0 Å². The Balaban J connectivity index is 1.58. The molecule has 1 aromatic rings. The van der Waals surface area contributed by atoms with E-state index >= 15 is 0 Å². The Hall–Kier alpha value is -2.44. The number of aliphatic hydroxyl groups is 4. The van der Waals surface area contributed by atoms with Crippen LogP contribution in [-0.2, 0) is 44.5 Å². The first-order chi connectivity index (χ1) is 29.1. The van der Waals surface area contributed by atoms with E-state index in [1.165, 1.54) is 14.0 Å². The molecule has 4 aliphatic rings. The van der Waals surface area contributed by atoms with Crippen LogP contribution < -0.4 is 0 Å². The van der Waals surface area contributed by atoms with Crippen molar-refractivity contribution in [3.05, 3.63) is 35.9 Å². The van der Waals surface area contributed by atoms with E-state index in [4.69, 9.17) is 38.2 Å². The molecule has 0 saturated carbocycles. The van der Waals surface area contributed by atoms with Crippen molar-refractivity contribution in [1.82, 2.24) is 9.80 Å². The summed E-state index contributed by atoms with van der Waals surface area (Å²) in [4.78, 5) is 23.5. The van der Waals surface area contributed by atoms with E-state index in [1.807, 2.05) is 63.1 Å². The van der Waals surface area contributed by atoms with Crippen LogP contribution in [0.4, 0.5) is 0 Å². The summed E-state index contributed by atoms with van der Waals surface area (Å²) in [5.74, 6) is -2.53. The number of amidine groups is 1. The predicted octanol–water partition coefficient (Wildman–Crippen LogP) is 4.65. The highest BCUT2D eigenvalue weighted by molar-refractivity contribution is 5.76. The Labute approximate surface area is 370 Å². The molecule has 0 spiro atoms. The molecule has 0 unspecified atom stereocenters. The number of ether oxygens (including phenoxy) is 7. The third-order valence-electron chi connectivity index (χ3n) is 14.1. The summed E-state index contributed by atoms with van der Waals surface area (Å²) in [6.07, 6.45) is -6.60. The van der Waals surface area contributed by atoms with Gasteiger partial charge in [0.2, 0.25) is 0 Å². The van der Waals surface area contributed by atoms with Crippen molar-refractivity contribution < 1.29 is 58.4 Å². The number of esters is 1. The quantitative estimate of drug-likeness (QED) is 0.239. The molecule has 4 N–H and O–H groups in total. The third kappa shape index (κ3) is 11.1. The lowest BCUT2D eigenvalue weighted by Gasteiger charge is -2.48. The fraction of sp³-hybridized carbons (Fsp3) is 0.830. The molecule has 4 heterocycles. The van der Waals surface area contributed by atoms with Crippen LogP contribution in [0.1, 0.15) is 114 Å². The van der Waals surface area contributed by atoms with Gasteiger partial charge in [-0.05, 0) is 92.2 Å². The SMILES string of the molecule is CCCN1C[C@H](C)C[C@@](C)(O)[C@H](O[C@@H]2O[C@H](C)C[C@H]3[C@H]2OC(=NCc2ccccc2)N3C)[C@@H](C)[C@H](O[C@H]2C[C@@](C)(OC)[C@@H](O)[C@H](C)O2)[C@@H](C)C(=O)O[C@H](CC)[C@@](C)(O)[C@H](O)[C@H]1C. The lowest BCUT2D eigenvalue weighted by molar-refractivity contribution is -0.313. The van der Waals surface area contributed by atoms with Crippen molar-refractivity contribution in [2.75, 3.05) is 27.2 Å². The van der Waals surface area contributed by atoms with Gasteiger partial charge in [-0.1, -0.05) is 58.0 Å². The first-order valence-electron chi connectivity index (χ1n) is 23.0. The highest BCUT2D eigenvalue weighted by atomic mass is 16.7. The van der Waals surface area contributed by atoms with Gasteiger partial charge in [-0.2, -0.15) is 0 Å². The van der Waals surface area contributed by atoms with Crippen LogP contribution in [-0.4, -0.2) is 160 Å². The van der Waals surface area contributed by atoms with E-state index < -0.39 is 96.0 Å². The number of hydrogen-bond donors (Lipinski definition) is 4. The maximum atomic E-state index is 14.5. The van der Waals surface area contributed by atoms with Crippen LogP contribution in [0.3, 0.4) is 0 Å². The predicted molar refractivity (Wildman–Crippen MR) is 234 cm³/mol. The molecular weight excluding hydrogens is 799 g/mol. The first kappa shape index (κ1) is 50.6. The smallest absolute Gasteiger partial charge is 0.311 e. The van der Waals surface area contributed by atoms with Gasteiger partial charge in [-0.3, -0.25) is 9.69 Å². The fourth-order valence-corrected chi connectivity index (χ4v) is 10.4. The van der Waals surface area contributed by atoms with Gasteiger partial charge in [0.05, 0.1) is 54.1 Å². The molecule has 18 atom stereocenters. The Kier molecular flexibility index (Phi) is 17.0. The monoisotopic (exact) mass is 878 g/mol. The van der Waals surface area contributed by atoms with Crippen molar-refractivity contribution in [2.24, 2.45) is 22.7 Å². The zero-order valence-corrected chi connectivity index (χ0v) is 39.6. The van der Waals surface area contributed by atoms with Crippen LogP contribution in [0.2, 0.25) is 0 Å². The summed E-state index contributed by atoms with van der Waals surface area (Å²) in [7, 11) is 3.49. The molecule has 4 saturated heterocycles. The van der Waals surface area contributed by atoms with Crippen LogP contribution in [0.15, 0.2) is 35.3 Å². The normalized spacial score (nSPS) is 44.9. The average Bonchev–Trinajstić information content (AvgIpc) is 3.54. The van der Waals surface area contributed by atoms with Gasteiger partial charge < -0.3 is 58.5 Å². The molecule has 5 rings (SSSR count). The largest absolute Gasteiger partial charge is 0.459 e. The molecule has 0 bridgehead atoms. The van der Waals surface area contributed by atoms with Crippen LogP contribution in [0, 0.1) is 17.8 Å². The topological polar surface area (TPSA) is 181 Å². The van der Waals surface area contributed by atoms with Crippen molar-refractivity contribution >= 4 is 12.0 Å². The Morgan fingerprint density at radius 3 is 2.23 bits per heavy atom. The summed E-state index contributed by atoms with van der Waals surface area (Å²) < 4.78 is 45.4. The number of aliphatic hydroxyl groups excluding tert-OH is 2. The van der Waals surface area contributed by atoms with Gasteiger partial charge in [-0.15, -0.1) is 0 Å². The average molecular weight is 878 g/mol. The van der Waals surface area contributed by atoms with Crippen LogP contribution in [0.5, 0.6) is 0 Å². The van der Waals surface area contributed by atoms with E-state index in [2.05, 4.69) is 18.7 Å². The highest BCUT2D eigenvalue weighted by Crippen LogP contribution is 2.41. The molecule has 4 aliphatic heterocycles. The number of likely N-dealkylation sites (N-methyl/N-ethyl adjacent to an activating group) is 1. The van der Waals surface area contributed by atoms with Gasteiger partial charge in [0.1, 0.15) is 23.9 Å². The zero-order valence-electron chi connectivity index (χ0n) is 39.6. The van der Waals surface area contributed by atoms with Crippen molar-refractivity contribution in [1.29, 1.82) is 0 Å². The fourth-order valence-electron chi connectivity index (χ4n) is 10.4. The lowest BCUT2D eigenvalue weighted by Crippen LogP contribution is -2.60. The summed E-state index contributed by atoms with van der Waals surface area (Å²) >= 11 is 0. The zero-order chi connectivity index (χ0) is 45.9. The molecule has 62 heavy (non-hydrogen) atoms. The molecule has 1 aromatic carbocycles. The minimum Gasteiger partial charge on any atom is -0.459 e. The minimum atomic E-state index is -1.81. The molecule has 0 radical (unpaired) electrons. The van der Waals surface area contributed by atoms with E-state index in [0.29, 0.717) is 32.1 Å². The second-order valence-electron chi connectivity index (χ2n) is 19.5. The van der Waals surface area contributed by atoms with E-state index in [-0.39, 0.29) is 37.3 Å². The maximum Gasteiger partial charge on any atom is 0.311 e. The number of carbonyl (C=O) groups excluding carboxylic acids is 1. The molecular formula is C47H79N3O12. The molecule has 0 aliphatic carbocycles. The Morgan fingerprint density at radius 1 is 0.919 bits per heavy atom. The Morgan fingerprint density at radius 2 is 1.60 bits per heavy atom. The number of nitrogens with zero attached hydrogens (tertiary/aromatic N) is 3. The highest BCUT2D eigenvalue weighted by Gasteiger charge is 2.55. The summed E-state index contributed by atoms with van der Waals surface area (Å²) in [5.41, 5.74) is -3.33. The number of aliphatic imine (C=N–C) groups is 1. The molecule has 0 aromatic heterocycles.